The highest BCUT2D eigenvalue weighted by atomic mass is 35.5. The van der Waals surface area contributed by atoms with Gasteiger partial charge in [0, 0.05) is 17.9 Å². The Labute approximate surface area is 189 Å². The second kappa shape index (κ2) is 10.7. The lowest BCUT2D eigenvalue weighted by Crippen LogP contribution is -2.28. The van der Waals surface area contributed by atoms with Crippen molar-refractivity contribution in [1.29, 1.82) is 0 Å². The molecule has 1 amide bonds. The maximum atomic E-state index is 12.6. The minimum absolute atomic E-state index is 0.253. The first kappa shape index (κ1) is 22.5. The van der Waals surface area contributed by atoms with Crippen molar-refractivity contribution in [2.75, 3.05) is 12.4 Å². The van der Waals surface area contributed by atoms with E-state index in [1.54, 1.807) is 30.0 Å². The van der Waals surface area contributed by atoms with E-state index in [1.165, 1.54) is 0 Å². The minimum Gasteiger partial charge on any atom is -0.493 e. The van der Waals surface area contributed by atoms with Crippen LogP contribution in [0, 0.1) is 0 Å². The van der Waals surface area contributed by atoms with Crippen molar-refractivity contribution in [3.63, 3.8) is 0 Å². The Bertz CT molecular complexity index is 998. The fourth-order valence-electron chi connectivity index (χ4n) is 2.82. The van der Waals surface area contributed by atoms with Gasteiger partial charge in [-0.25, -0.2) is 0 Å². The van der Waals surface area contributed by atoms with E-state index < -0.39 is 0 Å². The number of halogens is 2. The van der Waals surface area contributed by atoms with Crippen LogP contribution < -0.4 is 10.1 Å². The van der Waals surface area contributed by atoms with Crippen LogP contribution in [0.25, 0.3) is 0 Å². The number of rotatable bonds is 9. The van der Waals surface area contributed by atoms with Crippen molar-refractivity contribution in [3.05, 3.63) is 70.0 Å². The molecular formula is C21H22Cl2N4O2S. The fraction of sp³-hybridized carbons (Fsp3) is 0.286. The number of carbonyl (C=O) groups excluding carboxylic acids is 1. The normalized spacial score (nSPS) is 11.9. The molecule has 0 saturated carbocycles. The van der Waals surface area contributed by atoms with Crippen LogP contribution in [0.15, 0.2) is 53.7 Å². The second-order valence-corrected chi connectivity index (χ2v) is 8.30. The molecule has 158 valence electrons. The van der Waals surface area contributed by atoms with E-state index in [4.69, 9.17) is 27.9 Å². The third kappa shape index (κ3) is 5.68. The topological polar surface area (TPSA) is 69.0 Å². The average Bonchev–Trinajstić information content (AvgIpc) is 3.17. The summed E-state index contributed by atoms with van der Waals surface area (Å²) in [5, 5.41) is 13.1. The fourth-order valence-corrected chi connectivity index (χ4v) is 3.94. The summed E-state index contributed by atoms with van der Waals surface area (Å²) in [5.74, 6) is 2.01. The van der Waals surface area contributed by atoms with E-state index in [2.05, 4.69) is 15.5 Å². The molecule has 0 aliphatic heterocycles. The Hall–Kier alpha value is -2.22. The number of thioether (sulfide) groups is 1. The third-order valence-electron chi connectivity index (χ3n) is 4.30. The summed E-state index contributed by atoms with van der Waals surface area (Å²) in [4.78, 5) is 12.6. The first-order valence-corrected chi connectivity index (χ1v) is 11.2. The molecular weight excluding hydrogens is 443 g/mol. The number of hydrogen-bond donors (Lipinski definition) is 1. The van der Waals surface area contributed by atoms with Crippen LogP contribution in [0.4, 0.5) is 0 Å². The van der Waals surface area contributed by atoms with Crippen molar-refractivity contribution in [2.24, 2.45) is 0 Å². The van der Waals surface area contributed by atoms with Crippen LogP contribution in [-0.2, 0) is 6.54 Å². The van der Waals surface area contributed by atoms with Crippen molar-refractivity contribution >= 4 is 40.9 Å². The molecule has 1 aromatic heterocycles. The summed E-state index contributed by atoms with van der Waals surface area (Å²) in [6.45, 7) is 5.14. The number of nitrogens with zero attached hydrogens (tertiary/aromatic N) is 3. The number of amides is 1. The molecule has 0 aliphatic rings. The molecule has 0 bridgehead atoms. The summed E-state index contributed by atoms with van der Waals surface area (Å²) in [5.41, 5.74) is 0.437. The summed E-state index contributed by atoms with van der Waals surface area (Å²) in [7, 11) is 0. The quantitative estimate of drug-likeness (QED) is 0.345. The van der Waals surface area contributed by atoms with E-state index >= 15 is 0 Å². The Balaban J connectivity index is 1.59. The maximum Gasteiger partial charge on any atom is 0.251 e. The summed E-state index contributed by atoms with van der Waals surface area (Å²) < 4.78 is 7.71. The number of carbonyl (C=O) groups is 1. The average molecular weight is 465 g/mol. The molecule has 6 nitrogen and oxygen atoms in total. The molecule has 1 N–H and O–H groups in total. The predicted molar refractivity (Wildman–Crippen MR) is 121 cm³/mol. The third-order valence-corrected chi connectivity index (χ3v) is 5.97. The molecule has 1 heterocycles. The highest BCUT2D eigenvalue weighted by Crippen LogP contribution is 2.24. The highest BCUT2D eigenvalue weighted by molar-refractivity contribution is 7.99. The van der Waals surface area contributed by atoms with Gasteiger partial charge in [0.15, 0.2) is 11.0 Å². The molecule has 0 saturated heterocycles. The molecule has 3 rings (SSSR count). The van der Waals surface area contributed by atoms with Gasteiger partial charge in [-0.05, 0) is 44.2 Å². The zero-order valence-corrected chi connectivity index (χ0v) is 19.0. The Kier molecular flexibility index (Phi) is 8.01. The minimum atomic E-state index is -0.325. The van der Waals surface area contributed by atoms with Gasteiger partial charge in [-0.2, -0.15) is 0 Å². The van der Waals surface area contributed by atoms with Crippen LogP contribution >= 0.6 is 35.0 Å². The first-order chi connectivity index (χ1) is 14.5. The summed E-state index contributed by atoms with van der Waals surface area (Å²) in [6.07, 6.45) is 0. The predicted octanol–water partition coefficient (Wildman–Crippen LogP) is 5.27. The molecule has 30 heavy (non-hydrogen) atoms. The summed E-state index contributed by atoms with van der Waals surface area (Å²) in [6, 6.07) is 14.1. The second-order valence-electron chi connectivity index (χ2n) is 6.42. The number of hydrogen-bond acceptors (Lipinski definition) is 5. The maximum absolute atomic E-state index is 12.6. The van der Waals surface area contributed by atoms with Crippen LogP contribution in [0.3, 0.4) is 0 Å². The molecule has 0 spiro atoms. The van der Waals surface area contributed by atoms with Gasteiger partial charge in [-0.1, -0.05) is 53.2 Å². The van der Waals surface area contributed by atoms with Crippen LogP contribution in [0.2, 0.25) is 10.0 Å². The SMILES string of the molecule is CCn1c(SCCOc2ccccc2)nnc1C(C)NC(=O)c1ccc(Cl)c(Cl)c1. The number of aromatic nitrogens is 3. The van der Waals surface area contributed by atoms with Crippen LogP contribution in [0.5, 0.6) is 5.75 Å². The van der Waals surface area contributed by atoms with Crippen molar-refractivity contribution in [2.45, 2.75) is 31.6 Å². The van der Waals surface area contributed by atoms with Gasteiger partial charge in [-0.15, -0.1) is 10.2 Å². The highest BCUT2D eigenvalue weighted by Gasteiger charge is 2.20. The number of benzene rings is 2. The van der Waals surface area contributed by atoms with Crippen LogP contribution in [-0.4, -0.2) is 33.0 Å². The van der Waals surface area contributed by atoms with Crippen LogP contribution in [0.1, 0.15) is 36.1 Å². The van der Waals surface area contributed by atoms with Gasteiger partial charge in [0.05, 0.1) is 22.7 Å². The monoisotopic (exact) mass is 464 g/mol. The number of para-hydroxylation sites is 1. The van der Waals surface area contributed by atoms with E-state index in [-0.39, 0.29) is 11.9 Å². The van der Waals surface area contributed by atoms with E-state index in [0.717, 1.165) is 16.7 Å². The molecule has 2 aromatic carbocycles. The Morgan fingerprint density at radius 1 is 1.17 bits per heavy atom. The van der Waals surface area contributed by atoms with Crippen molar-refractivity contribution in [3.8, 4) is 5.75 Å². The standard InChI is InChI=1S/C21H22Cl2N4O2S/c1-3-27-19(14(2)24-20(28)15-9-10-17(22)18(23)13-15)25-26-21(27)30-12-11-29-16-7-5-4-6-8-16/h4-10,13-14H,3,11-12H2,1-2H3,(H,24,28). The summed E-state index contributed by atoms with van der Waals surface area (Å²) >= 11 is 13.5. The Morgan fingerprint density at radius 2 is 1.93 bits per heavy atom. The smallest absolute Gasteiger partial charge is 0.251 e. The van der Waals surface area contributed by atoms with Gasteiger partial charge in [0.2, 0.25) is 0 Å². The molecule has 0 fully saturated rings. The number of nitrogens with one attached hydrogen (secondary N) is 1. The van der Waals surface area contributed by atoms with Gasteiger partial charge in [0.25, 0.3) is 5.91 Å². The zero-order valence-electron chi connectivity index (χ0n) is 16.6. The van der Waals surface area contributed by atoms with Gasteiger partial charge in [-0.3, -0.25) is 4.79 Å². The zero-order chi connectivity index (χ0) is 21.5. The molecule has 3 aromatic rings. The van der Waals surface area contributed by atoms with E-state index in [9.17, 15) is 4.79 Å². The van der Waals surface area contributed by atoms with Gasteiger partial charge >= 0.3 is 0 Å². The van der Waals surface area contributed by atoms with Crippen molar-refractivity contribution < 1.29 is 9.53 Å². The lowest BCUT2D eigenvalue weighted by atomic mass is 10.2. The van der Waals surface area contributed by atoms with Gasteiger partial charge in [0.1, 0.15) is 5.75 Å². The number of ether oxygens (including phenoxy) is 1. The Morgan fingerprint density at radius 3 is 2.63 bits per heavy atom. The molecule has 0 aliphatic carbocycles. The molecule has 9 heteroatoms. The van der Waals surface area contributed by atoms with E-state index in [0.29, 0.717) is 34.6 Å². The van der Waals surface area contributed by atoms with Gasteiger partial charge < -0.3 is 14.6 Å². The molecule has 1 atom stereocenters. The van der Waals surface area contributed by atoms with Crippen molar-refractivity contribution in [1.82, 2.24) is 20.1 Å². The molecule has 0 radical (unpaired) electrons. The molecule has 1 unspecified atom stereocenters. The lowest BCUT2D eigenvalue weighted by Gasteiger charge is -2.15. The lowest BCUT2D eigenvalue weighted by molar-refractivity contribution is 0.0937. The van der Waals surface area contributed by atoms with E-state index in [1.807, 2.05) is 48.7 Å². The first-order valence-electron chi connectivity index (χ1n) is 9.49. The largest absolute Gasteiger partial charge is 0.493 e.